The first-order chi connectivity index (χ1) is 8.89. The summed E-state index contributed by atoms with van der Waals surface area (Å²) in [5.74, 6) is -0.144. The largest absolute Gasteiger partial charge is 0.478 e. The Hall–Kier alpha value is -1.09. The van der Waals surface area contributed by atoms with Gasteiger partial charge >= 0.3 is 5.97 Å². The van der Waals surface area contributed by atoms with Crippen LogP contribution in [0, 0.1) is 17.8 Å². The van der Waals surface area contributed by atoms with E-state index in [-0.39, 0.29) is 17.4 Å². The minimum atomic E-state index is -0.860. The van der Waals surface area contributed by atoms with Crippen molar-refractivity contribution in [3.63, 3.8) is 0 Å². The van der Waals surface area contributed by atoms with E-state index in [2.05, 4.69) is 26.5 Å². The van der Waals surface area contributed by atoms with Crippen molar-refractivity contribution in [3.8, 4) is 0 Å². The number of carboxylic acid groups (broad SMARTS) is 1. The summed E-state index contributed by atoms with van der Waals surface area (Å²) in [5, 5.41) is 9.23. The molecule has 2 aliphatic rings. The lowest BCUT2D eigenvalue weighted by molar-refractivity contribution is -0.135. The molecule has 1 fully saturated rings. The SMILES string of the molecule is C=C(C(=O)O)[C@@H]1CC[C@](C)(OC)[C@@H]2CCC(C)=C[C@@H]21. The monoisotopic (exact) mass is 264 g/mol. The van der Waals surface area contributed by atoms with E-state index in [4.69, 9.17) is 4.74 Å². The first-order valence-corrected chi connectivity index (χ1v) is 7.03. The topological polar surface area (TPSA) is 46.5 Å². The van der Waals surface area contributed by atoms with Gasteiger partial charge < -0.3 is 9.84 Å². The van der Waals surface area contributed by atoms with Crippen LogP contribution < -0.4 is 0 Å². The Morgan fingerprint density at radius 2 is 2.21 bits per heavy atom. The molecule has 0 saturated heterocycles. The number of hydrogen-bond donors (Lipinski definition) is 1. The lowest BCUT2D eigenvalue weighted by atomic mass is 9.59. The fourth-order valence-corrected chi connectivity index (χ4v) is 3.85. The molecule has 2 aliphatic carbocycles. The van der Waals surface area contributed by atoms with Crippen LogP contribution in [-0.4, -0.2) is 23.8 Å². The number of aliphatic carboxylic acids is 1. The molecule has 0 aromatic carbocycles. The zero-order valence-corrected chi connectivity index (χ0v) is 12.1. The van der Waals surface area contributed by atoms with Crippen molar-refractivity contribution < 1.29 is 14.6 Å². The van der Waals surface area contributed by atoms with Crippen molar-refractivity contribution in [3.05, 3.63) is 23.8 Å². The van der Waals surface area contributed by atoms with Gasteiger partial charge in [0.05, 0.1) is 5.60 Å². The fraction of sp³-hybridized carbons (Fsp3) is 0.688. The predicted octanol–water partition coefficient (Wildman–Crippen LogP) is 3.41. The van der Waals surface area contributed by atoms with E-state index in [1.165, 1.54) is 5.57 Å². The summed E-state index contributed by atoms with van der Waals surface area (Å²) < 4.78 is 5.77. The summed E-state index contributed by atoms with van der Waals surface area (Å²) in [6.07, 6.45) is 6.20. The molecule has 19 heavy (non-hydrogen) atoms. The second-order valence-corrected chi connectivity index (χ2v) is 6.23. The molecule has 0 spiro atoms. The molecule has 0 heterocycles. The first kappa shape index (κ1) is 14.3. The summed E-state index contributed by atoms with van der Waals surface area (Å²) >= 11 is 0. The van der Waals surface area contributed by atoms with E-state index >= 15 is 0 Å². The maximum atomic E-state index is 11.2. The molecule has 0 amide bonds. The highest BCUT2D eigenvalue weighted by Crippen LogP contribution is 2.50. The molecule has 3 heteroatoms. The van der Waals surface area contributed by atoms with E-state index in [9.17, 15) is 9.90 Å². The van der Waals surface area contributed by atoms with Crippen molar-refractivity contribution in [2.45, 2.75) is 45.1 Å². The number of methoxy groups -OCH3 is 1. The quantitative estimate of drug-likeness (QED) is 0.627. The highest BCUT2D eigenvalue weighted by atomic mass is 16.5. The Kier molecular flexibility index (Phi) is 3.86. The van der Waals surface area contributed by atoms with Gasteiger partial charge in [0.25, 0.3) is 0 Å². The van der Waals surface area contributed by atoms with Gasteiger partial charge in [-0.05, 0) is 57.3 Å². The van der Waals surface area contributed by atoms with Crippen LogP contribution in [-0.2, 0) is 9.53 Å². The number of ether oxygens (including phenoxy) is 1. The predicted molar refractivity (Wildman–Crippen MR) is 74.9 cm³/mol. The molecule has 3 nitrogen and oxygen atoms in total. The number of fused-ring (bicyclic) bond motifs is 1. The van der Waals surface area contributed by atoms with Crippen LogP contribution in [0.25, 0.3) is 0 Å². The molecule has 1 saturated carbocycles. The van der Waals surface area contributed by atoms with Crippen molar-refractivity contribution in [2.75, 3.05) is 7.11 Å². The van der Waals surface area contributed by atoms with Crippen LogP contribution >= 0.6 is 0 Å². The molecule has 0 aromatic heterocycles. The molecule has 0 aromatic rings. The van der Waals surface area contributed by atoms with E-state index in [0.29, 0.717) is 11.5 Å². The molecule has 106 valence electrons. The molecule has 1 N–H and O–H groups in total. The Morgan fingerprint density at radius 1 is 1.53 bits per heavy atom. The third-order valence-electron chi connectivity index (χ3n) is 5.18. The number of rotatable bonds is 3. The van der Waals surface area contributed by atoms with E-state index in [1.807, 2.05) is 0 Å². The van der Waals surface area contributed by atoms with E-state index in [0.717, 1.165) is 25.7 Å². The Labute approximate surface area is 115 Å². The maximum absolute atomic E-state index is 11.2. The average molecular weight is 264 g/mol. The summed E-state index contributed by atoms with van der Waals surface area (Å²) in [5.41, 5.74) is 1.60. The molecule has 2 rings (SSSR count). The van der Waals surface area contributed by atoms with Crippen LogP contribution in [0.4, 0.5) is 0 Å². The van der Waals surface area contributed by atoms with Crippen LogP contribution in [0.15, 0.2) is 23.8 Å². The molecular formula is C16H24O3. The molecule has 0 radical (unpaired) electrons. The van der Waals surface area contributed by atoms with Crippen LogP contribution in [0.3, 0.4) is 0 Å². The minimum absolute atomic E-state index is 0.0565. The zero-order chi connectivity index (χ0) is 14.2. The second kappa shape index (κ2) is 5.12. The van der Waals surface area contributed by atoms with Crippen molar-refractivity contribution >= 4 is 5.97 Å². The third-order valence-corrected chi connectivity index (χ3v) is 5.18. The smallest absolute Gasteiger partial charge is 0.331 e. The lowest BCUT2D eigenvalue weighted by Gasteiger charge is -2.50. The van der Waals surface area contributed by atoms with Gasteiger partial charge in [0, 0.05) is 12.7 Å². The Morgan fingerprint density at radius 3 is 2.79 bits per heavy atom. The Bertz CT molecular complexity index is 424. The van der Waals surface area contributed by atoms with Gasteiger partial charge in [-0.2, -0.15) is 0 Å². The summed E-state index contributed by atoms with van der Waals surface area (Å²) in [6, 6.07) is 0. The normalized spacial score (nSPS) is 38.3. The highest BCUT2D eigenvalue weighted by molar-refractivity contribution is 5.86. The van der Waals surface area contributed by atoms with Gasteiger partial charge in [0.2, 0.25) is 0 Å². The third kappa shape index (κ3) is 2.48. The zero-order valence-electron chi connectivity index (χ0n) is 12.1. The second-order valence-electron chi connectivity index (χ2n) is 6.23. The number of allylic oxidation sites excluding steroid dienone is 2. The molecular weight excluding hydrogens is 240 g/mol. The fourth-order valence-electron chi connectivity index (χ4n) is 3.85. The number of carbonyl (C=O) groups is 1. The lowest BCUT2D eigenvalue weighted by Crippen LogP contribution is -2.49. The van der Waals surface area contributed by atoms with Gasteiger partial charge in [0.15, 0.2) is 0 Å². The van der Waals surface area contributed by atoms with Gasteiger partial charge in [0.1, 0.15) is 0 Å². The summed E-state index contributed by atoms with van der Waals surface area (Å²) in [6.45, 7) is 8.10. The highest BCUT2D eigenvalue weighted by Gasteiger charge is 2.48. The Balaban J connectivity index is 2.33. The van der Waals surface area contributed by atoms with Gasteiger partial charge in [-0.25, -0.2) is 4.79 Å². The molecule has 0 aliphatic heterocycles. The van der Waals surface area contributed by atoms with Crippen LogP contribution in [0.1, 0.15) is 39.5 Å². The van der Waals surface area contributed by atoms with E-state index < -0.39 is 5.97 Å². The minimum Gasteiger partial charge on any atom is -0.478 e. The van der Waals surface area contributed by atoms with Gasteiger partial charge in [-0.3, -0.25) is 0 Å². The standard InChI is InChI=1S/C16H24O3/c1-10-5-6-14-13(9-10)12(11(2)15(17)18)7-8-16(14,3)19-4/h9,12-14H,2,5-8H2,1,3-4H3,(H,17,18)/t12-,13+,14+,16-/m0/s1. The first-order valence-electron chi connectivity index (χ1n) is 7.03. The summed E-state index contributed by atoms with van der Waals surface area (Å²) in [4.78, 5) is 11.2. The van der Waals surface area contributed by atoms with Crippen LogP contribution in [0.2, 0.25) is 0 Å². The van der Waals surface area contributed by atoms with Gasteiger partial charge in [-0.15, -0.1) is 0 Å². The van der Waals surface area contributed by atoms with Crippen molar-refractivity contribution in [2.24, 2.45) is 17.8 Å². The number of carboxylic acids is 1. The molecule has 0 bridgehead atoms. The van der Waals surface area contributed by atoms with Crippen molar-refractivity contribution in [1.29, 1.82) is 0 Å². The summed E-state index contributed by atoms with van der Waals surface area (Å²) in [7, 11) is 1.77. The number of hydrogen-bond acceptors (Lipinski definition) is 2. The maximum Gasteiger partial charge on any atom is 0.331 e. The van der Waals surface area contributed by atoms with Gasteiger partial charge in [-0.1, -0.05) is 18.2 Å². The molecule has 0 unspecified atom stereocenters. The molecule has 4 atom stereocenters. The average Bonchev–Trinajstić information content (AvgIpc) is 2.38. The van der Waals surface area contributed by atoms with Crippen LogP contribution in [0.5, 0.6) is 0 Å². The van der Waals surface area contributed by atoms with Crippen molar-refractivity contribution in [1.82, 2.24) is 0 Å². The van der Waals surface area contributed by atoms with E-state index in [1.54, 1.807) is 7.11 Å².